The molecule has 1 heterocycles. The minimum absolute atomic E-state index is 0.0680. The van der Waals surface area contributed by atoms with Gasteiger partial charge in [-0.05, 0) is 72.1 Å². The normalized spacial score (nSPS) is 20.2. The van der Waals surface area contributed by atoms with Gasteiger partial charge in [0.15, 0.2) is 0 Å². The summed E-state index contributed by atoms with van der Waals surface area (Å²) >= 11 is 0. The maximum absolute atomic E-state index is 9.65. The van der Waals surface area contributed by atoms with Crippen LogP contribution in [0.4, 0.5) is 0 Å². The molecular formula is C23H45N3O3. The monoisotopic (exact) mass is 411 g/mol. The van der Waals surface area contributed by atoms with Crippen molar-refractivity contribution in [1.82, 2.24) is 4.90 Å². The molecule has 0 saturated heterocycles. The van der Waals surface area contributed by atoms with Crippen LogP contribution in [0.2, 0.25) is 0 Å². The molecule has 1 aliphatic heterocycles. The molecule has 0 radical (unpaired) electrons. The number of aliphatic imine (C=N–C) groups is 2. The Bertz CT molecular complexity index is 490. The van der Waals surface area contributed by atoms with Crippen LogP contribution in [0.25, 0.3) is 0 Å². The summed E-state index contributed by atoms with van der Waals surface area (Å²) in [6.45, 7) is 8.57. The molecule has 0 saturated carbocycles. The Balaban J connectivity index is 2.89. The van der Waals surface area contributed by atoms with Gasteiger partial charge in [-0.1, -0.05) is 19.8 Å². The van der Waals surface area contributed by atoms with E-state index in [1.165, 1.54) is 12.8 Å². The van der Waals surface area contributed by atoms with Crippen LogP contribution in [0, 0.1) is 0 Å². The van der Waals surface area contributed by atoms with E-state index >= 15 is 0 Å². The van der Waals surface area contributed by atoms with Crippen molar-refractivity contribution in [2.75, 3.05) is 6.54 Å². The fraction of sp³-hybridized carbons (Fsp3) is 0.913. The van der Waals surface area contributed by atoms with Gasteiger partial charge in [0, 0.05) is 19.4 Å². The topological polar surface area (TPSA) is 88.7 Å². The first-order valence-corrected chi connectivity index (χ1v) is 11.8. The fourth-order valence-electron chi connectivity index (χ4n) is 3.72. The lowest BCUT2D eigenvalue weighted by molar-refractivity contribution is 0.166. The van der Waals surface area contributed by atoms with Crippen LogP contribution < -0.4 is 0 Å². The number of hydrogen-bond donors (Lipinski definition) is 3. The Morgan fingerprint density at radius 3 is 2.07 bits per heavy atom. The first-order valence-electron chi connectivity index (χ1n) is 11.8. The van der Waals surface area contributed by atoms with Gasteiger partial charge in [-0.3, -0.25) is 0 Å². The van der Waals surface area contributed by atoms with E-state index in [0.717, 1.165) is 82.4 Å². The molecule has 4 atom stereocenters. The highest BCUT2D eigenvalue weighted by molar-refractivity contribution is 5.98. The van der Waals surface area contributed by atoms with E-state index in [2.05, 4.69) is 11.8 Å². The predicted octanol–water partition coefficient (Wildman–Crippen LogP) is 4.27. The lowest BCUT2D eigenvalue weighted by atomic mass is 10.1. The first kappa shape index (κ1) is 26.1. The number of aliphatic hydroxyl groups is 3. The molecule has 0 aromatic heterocycles. The molecule has 0 spiro atoms. The van der Waals surface area contributed by atoms with Crippen molar-refractivity contribution in [2.45, 2.75) is 129 Å². The summed E-state index contributed by atoms with van der Waals surface area (Å²) in [6, 6.07) is 0. The van der Waals surface area contributed by atoms with Crippen LogP contribution in [0.5, 0.6) is 0 Å². The molecule has 6 nitrogen and oxygen atoms in total. The number of unbranched alkanes of at least 4 members (excludes halogenated alkanes) is 2. The Morgan fingerprint density at radius 1 is 0.828 bits per heavy atom. The summed E-state index contributed by atoms with van der Waals surface area (Å²) in [5.74, 6) is 2.04. The van der Waals surface area contributed by atoms with Gasteiger partial charge >= 0.3 is 0 Å². The average molecular weight is 412 g/mol. The molecule has 29 heavy (non-hydrogen) atoms. The molecule has 0 fully saturated rings. The summed E-state index contributed by atoms with van der Waals surface area (Å²) in [5.41, 5.74) is 0. The third-order valence-electron chi connectivity index (χ3n) is 5.38. The van der Waals surface area contributed by atoms with E-state index in [9.17, 15) is 15.3 Å². The lowest BCUT2D eigenvalue weighted by Gasteiger charge is -2.36. The molecule has 0 bridgehead atoms. The Morgan fingerprint density at radius 2 is 1.45 bits per heavy atom. The Kier molecular flexibility index (Phi) is 13.4. The average Bonchev–Trinajstić information content (AvgIpc) is 2.63. The van der Waals surface area contributed by atoms with Gasteiger partial charge in [0.25, 0.3) is 0 Å². The number of hydrogen-bond acceptors (Lipinski definition) is 6. The van der Waals surface area contributed by atoms with Crippen molar-refractivity contribution < 1.29 is 15.3 Å². The summed E-state index contributed by atoms with van der Waals surface area (Å²) in [5, 5.41) is 28.8. The van der Waals surface area contributed by atoms with Gasteiger partial charge in [0.1, 0.15) is 17.8 Å². The second-order valence-electron chi connectivity index (χ2n) is 8.72. The van der Waals surface area contributed by atoms with Crippen molar-refractivity contribution in [3.8, 4) is 0 Å². The van der Waals surface area contributed by atoms with E-state index in [1.54, 1.807) is 0 Å². The van der Waals surface area contributed by atoms with Crippen molar-refractivity contribution >= 4 is 11.7 Å². The van der Waals surface area contributed by atoms with E-state index < -0.39 is 0 Å². The SMILES string of the molecule is CCCCCC1=NC(CCCC(C)O)=NC(CCCC(C)O)N1CCCC(C)O. The smallest absolute Gasteiger partial charge is 0.127 e. The highest BCUT2D eigenvalue weighted by Crippen LogP contribution is 2.22. The molecule has 3 N–H and O–H groups in total. The molecule has 0 amide bonds. The number of aliphatic hydroxyl groups excluding tert-OH is 3. The zero-order valence-corrected chi connectivity index (χ0v) is 19.2. The van der Waals surface area contributed by atoms with Crippen molar-refractivity contribution in [3.05, 3.63) is 0 Å². The molecule has 1 aliphatic rings. The summed E-state index contributed by atoms with van der Waals surface area (Å²) in [6.07, 6.45) is 10.5. The van der Waals surface area contributed by atoms with E-state index in [-0.39, 0.29) is 24.5 Å². The molecule has 1 rings (SSSR count). The summed E-state index contributed by atoms with van der Waals surface area (Å²) in [7, 11) is 0. The quantitative estimate of drug-likeness (QED) is 0.331. The number of nitrogens with zero attached hydrogens (tertiary/aromatic N) is 3. The zero-order valence-electron chi connectivity index (χ0n) is 19.2. The highest BCUT2D eigenvalue weighted by Gasteiger charge is 2.26. The van der Waals surface area contributed by atoms with Crippen LogP contribution >= 0.6 is 0 Å². The Labute approximate surface area is 178 Å². The molecule has 6 heteroatoms. The van der Waals surface area contributed by atoms with Gasteiger partial charge in [0.05, 0.1) is 18.3 Å². The minimum Gasteiger partial charge on any atom is -0.393 e. The van der Waals surface area contributed by atoms with Gasteiger partial charge in [-0.15, -0.1) is 0 Å². The third kappa shape index (κ3) is 11.7. The van der Waals surface area contributed by atoms with E-state index in [1.807, 2.05) is 20.8 Å². The first-order chi connectivity index (χ1) is 13.8. The zero-order chi connectivity index (χ0) is 21.6. The maximum atomic E-state index is 9.65. The number of rotatable bonds is 16. The van der Waals surface area contributed by atoms with Gasteiger partial charge in [-0.2, -0.15) is 0 Å². The van der Waals surface area contributed by atoms with Crippen molar-refractivity contribution in [2.24, 2.45) is 9.98 Å². The number of amidine groups is 2. The lowest BCUT2D eigenvalue weighted by Crippen LogP contribution is -2.43. The van der Waals surface area contributed by atoms with Crippen LogP contribution in [0.1, 0.15) is 105 Å². The Hall–Kier alpha value is -0.980. The molecule has 0 aromatic rings. The van der Waals surface area contributed by atoms with Crippen molar-refractivity contribution in [1.29, 1.82) is 0 Å². The van der Waals surface area contributed by atoms with Gasteiger partial charge in [0.2, 0.25) is 0 Å². The largest absolute Gasteiger partial charge is 0.393 e. The minimum atomic E-state index is -0.286. The summed E-state index contributed by atoms with van der Waals surface area (Å²) < 4.78 is 0. The van der Waals surface area contributed by atoms with Crippen LogP contribution in [-0.2, 0) is 0 Å². The van der Waals surface area contributed by atoms with Gasteiger partial charge in [-0.25, -0.2) is 9.98 Å². The standard InChI is InChI=1S/C23H45N3O3/c1-5-6-7-15-22-24-21(14-8-11-18(2)27)25-23(16-9-12-19(3)28)26(22)17-10-13-20(4)29/h18-20,23,27-29H,5-17H2,1-4H3. The van der Waals surface area contributed by atoms with Crippen LogP contribution in [-0.4, -0.2) is 62.9 Å². The third-order valence-corrected chi connectivity index (χ3v) is 5.38. The molecule has 170 valence electrons. The van der Waals surface area contributed by atoms with Crippen LogP contribution in [0.15, 0.2) is 9.98 Å². The molecule has 0 aliphatic carbocycles. The fourth-order valence-corrected chi connectivity index (χ4v) is 3.72. The molecule has 0 aromatic carbocycles. The maximum Gasteiger partial charge on any atom is 0.127 e. The van der Waals surface area contributed by atoms with Crippen molar-refractivity contribution in [3.63, 3.8) is 0 Å². The predicted molar refractivity (Wildman–Crippen MR) is 121 cm³/mol. The van der Waals surface area contributed by atoms with E-state index in [4.69, 9.17) is 9.98 Å². The second kappa shape index (κ2) is 14.9. The molecular weight excluding hydrogens is 366 g/mol. The highest BCUT2D eigenvalue weighted by atomic mass is 16.3. The molecule has 4 unspecified atom stereocenters. The van der Waals surface area contributed by atoms with Crippen LogP contribution in [0.3, 0.4) is 0 Å². The summed E-state index contributed by atoms with van der Waals surface area (Å²) in [4.78, 5) is 12.2. The second-order valence-corrected chi connectivity index (χ2v) is 8.72. The van der Waals surface area contributed by atoms with Gasteiger partial charge < -0.3 is 20.2 Å². The van der Waals surface area contributed by atoms with E-state index in [0.29, 0.717) is 0 Å².